The van der Waals surface area contributed by atoms with E-state index in [-0.39, 0.29) is 28.6 Å². The van der Waals surface area contributed by atoms with Crippen LogP contribution in [0.25, 0.3) is 0 Å². The number of ketones is 1. The molecule has 4 N–H and O–H groups in total. The van der Waals surface area contributed by atoms with Gasteiger partial charge in [-0.05, 0) is 24.3 Å². The third-order valence-corrected chi connectivity index (χ3v) is 4.90. The first-order valence-corrected chi connectivity index (χ1v) is 9.81. The number of rotatable bonds is 7. The summed E-state index contributed by atoms with van der Waals surface area (Å²) < 4.78 is 5.38. The van der Waals surface area contributed by atoms with Gasteiger partial charge in [-0.15, -0.1) is 0 Å². The molecular formula is C22H18Cl2N4O3. The quantitative estimate of drug-likeness (QED) is 0.277. The topological polar surface area (TPSA) is 118 Å². The van der Waals surface area contributed by atoms with E-state index in [1.165, 1.54) is 19.4 Å². The van der Waals surface area contributed by atoms with Crippen molar-refractivity contribution in [3.05, 3.63) is 87.0 Å². The Bertz CT molecular complexity index is 1150. The highest BCUT2D eigenvalue weighted by molar-refractivity contribution is 6.31. The number of benzene rings is 2. The maximum atomic E-state index is 12.9. The third kappa shape index (κ3) is 5.39. The molecule has 1 amide bonds. The summed E-state index contributed by atoms with van der Waals surface area (Å²) in [6.45, 7) is 0. The van der Waals surface area contributed by atoms with Gasteiger partial charge < -0.3 is 15.8 Å². The van der Waals surface area contributed by atoms with Crippen molar-refractivity contribution < 1.29 is 14.3 Å². The number of carbonyl (C=O) groups is 2. The van der Waals surface area contributed by atoms with E-state index >= 15 is 0 Å². The largest absolute Gasteiger partial charge is 0.496 e. The van der Waals surface area contributed by atoms with Crippen molar-refractivity contribution in [3.8, 4) is 5.75 Å². The molecule has 0 radical (unpaired) electrons. The maximum Gasteiger partial charge on any atom is 0.257 e. The average Bonchev–Trinajstić information content (AvgIpc) is 2.76. The van der Waals surface area contributed by atoms with Crippen LogP contribution in [0.3, 0.4) is 0 Å². The molecule has 1 aromatic heterocycles. The number of hydrogen-bond donors (Lipinski definition) is 3. The van der Waals surface area contributed by atoms with E-state index in [1.807, 2.05) is 0 Å². The summed E-state index contributed by atoms with van der Waals surface area (Å²) >= 11 is 12.0. The molecular weight excluding hydrogens is 439 g/mol. The van der Waals surface area contributed by atoms with Crippen LogP contribution >= 0.6 is 23.2 Å². The number of halogens is 2. The van der Waals surface area contributed by atoms with E-state index in [2.05, 4.69) is 10.3 Å². The number of Topliss-reactive ketones (excluding diaryl/α,β-unsaturated/α-hetero) is 1. The normalized spacial score (nSPS) is 10.4. The Morgan fingerprint density at radius 3 is 2.32 bits per heavy atom. The van der Waals surface area contributed by atoms with Gasteiger partial charge in [-0.25, -0.2) is 4.98 Å². The summed E-state index contributed by atoms with van der Waals surface area (Å²) in [5.41, 5.74) is 6.95. The average molecular weight is 457 g/mol. The number of nitrogens with one attached hydrogen (secondary N) is 2. The number of amidine groups is 1. The fraction of sp³-hybridized carbons (Fsp3) is 0.0909. The Kier molecular flexibility index (Phi) is 6.89. The van der Waals surface area contributed by atoms with Gasteiger partial charge in [0.25, 0.3) is 5.91 Å². The third-order valence-electron chi connectivity index (χ3n) is 4.46. The van der Waals surface area contributed by atoms with Gasteiger partial charge in [-0.2, -0.15) is 0 Å². The first kappa shape index (κ1) is 22.3. The van der Waals surface area contributed by atoms with Crippen molar-refractivity contribution in [2.75, 3.05) is 12.4 Å². The van der Waals surface area contributed by atoms with E-state index in [4.69, 9.17) is 39.1 Å². The van der Waals surface area contributed by atoms with Gasteiger partial charge in [0.1, 0.15) is 17.4 Å². The lowest BCUT2D eigenvalue weighted by Crippen LogP contribution is -2.18. The fourth-order valence-electron chi connectivity index (χ4n) is 2.91. The number of hydrogen-bond acceptors (Lipinski definition) is 5. The van der Waals surface area contributed by atoms with Crippen molar-refractivity contribution in [2.45, 2.75) is 6.42 Å². The molecule has 0 unspecified atom stereocenters. The van der Waals surface area contributed by atoms with E-state index in [1.54, 1.807) is 42.5 Å². The number of ether oxygens (including phenoxy) is 1. The minimum absolute atomic E-state index is 0.0897. The van der Waals surface area contributed by atoms with Gasteiger partial charge in [0.2, 0.25) is 0 Å². The van der Waals surface area contributed by atoms with Crippen molar-refractivity contribution in [3.63, 3.8) is 0 Å². The standard InChI is InChI=1S/C22H18Cl2N4O3/c1-31-19-9-15(24)8-17(22(30)28-20-7-6-14(23)11-27-20)16(19)10-18(29)12-2-4-13(5-3-12)21(25)26/h2-9,11H,10H2,1H3,(H3,25,26)(H,27,28,30). The van der Waals surface area contributed by atoms with Crippen LogP contribution in [0.4, 0.5) is 5.82 Å². The number of methoxy groups -OCH3 is 1. The van der Waals surface area contributed by atoms with E-state index in [0.717, 1.165) is 0 Å². The van der Waals surface area contributed by atoms with Gasteiger partial charge in [0, 0.05) is 39.9 Å². The lowest BCUT2D eigenvalue weighted by molar-refractivity contribution is 0.0991. The molecule has 9 heteroatoms. The number of nitrogens with zero attached hydrogens (tertiary/aromatic N) is 1. The van der Waals surface area contributed by atoms with Gasteiger partial charge in [0.05, 0.1) is 12.1 Å². The van der Waals surface area contributed by atoms with Gasteiger partial charge >= 0.3 is 0 Å². The second kappa shape index (κ2) is 9.59. The Hall–Kier alpha value is -3.42. The smallest absolute Gasteiger partial charge is 0.257 e. The summed E-state index contributed by atoms with van der Waals surface area (Å²) in [7, 11) is 1.43. The molecule has 3 rings (SSSR count). The van der Waals surface area contributed by atoms with Crippen LogP contribution in [0.2, 0.25) is 10.0 Å². The highest BCUT2D eigenvalue weighted by atomic mass is 35.5. The molecule has 0 saturated carbocycles. The SMILES string of the molecule is COc1cc(Cl)cc(C(=O)Nc2ccc(Cl)cn2)c1CC(=O)c1ccc(C(=N)N)cc1. The second-order valence-corrected chi connectivity index (χ2v) is 7.41. The molecule has 0 bridgehead atoms. The lowest BCUT2D eigenvalue weighted by atomic mass is 9.96. The first-order valence-electron chi connectivity index (χ1n) is 9.05. The van der Waals surface area contributed by atoms with Crippen molar-refractivity contribution in [1.29, 1.82) is 5.41 Å². The molecule has 7 nitrogen and oxygen atoms in total. The first-order chi connectivity index (χ1) is 14.8. The fourth-order valence-corrected chi connectivity index (χ4v) is 3.23. The lowest BCUT2D eigenvalue weighted by Gasteiger charge is -2.14. The molecule has 0 fully saturated rings. The molecule has 0 aliphatic rings. The van der Waals surface area contributed by atoms with Crippen molar-refractivity contribution in [1.82, 2.24) is 4.98 Å². The Labute approximate surface area is 188 Å². The van der Waals surface area contributed by atoms with Crippen LogP contribution in [0, 0.1) is 5.41 Å². The molecule has 31 heavy (non-hydrogen) atoms. The number of nitrogen functional groups attached to an aromatic ring is 1. The number of amides is 1. The highest BCUT2D eigenvalue weighted by Crippen LogP contribution is 2.29. The molecule has 1 heterocycles. The molecule has 3 aromatic rings. The summed E-state index contributed by atoms with van der Waals surface area (Å²) in [5.74, 6) is -0.214. The highest BCUT2D eigenvalue weighted by Gasteiger charge is 2.21. The van der Waals surface area contributed by atoms with Gasteiger partial charge in [-0.3, -0.25) is 15.0 Å². The molecule has 0 atom stereocenters. The number of anilines is 1. The number of aromatic nitrogens is 1. The van der Waals surface area contributed by atoms with Crippen LogP contribution in [-0.2, 0) is 6.42 Å². The summed E-state index contributed by atoms with van der Waals surface area (Å²) in [6.07, 6.45) is 1.31. The second-order valence-electron chi connectivity index (χ2n) is 6.54. The zero-order chi connectivity index (χ0) is 22.5. The molecule has 158 valence electrons. The molecule has 0 aliphatic heterocycles. The zero-order valence-corrected chi connectivity index (χ0v) is 17.9. The molecule has 2 aromatic carbocycles. The number of nitrogens with two attached hydrogens (primary N) is 1. The van der Waals surface area contributed by atoms with E-state index < -0.39 is 5.91 Å². The zero-order valence-electron chi connectivity index (χ0n) is 16.4. The number of carbonyl (C=O) groups excluding carboxylic acids is 2. The van der Waals surface area contributed by atoms with Crippen LogP contribution in [0.5, 0.6) is 5.75 Å². The monoisotopic (exact) mass is 456 g/mol. The molecule has 0 aliphatic carbocycles. The van der Waals surface area contributed by atoms with Crippen molar-refractivity contribution >= 4 is 46.5 Å². The number of pyridine rings is 1. The Balaban J connectivity index is 1.92. The van der Waals surface area contributed by atoms with Crippen molar-refractivity contribution in [2.24, 2.45) is 5.73 Å². The van der Waals surface area contributed by atoms with E-state index in [9.17, 15) is 9.59 Å². The Morgan fingerprint density at radius 2 is 1.74 bits per heavy atom. The molecule has 0 spiro atoms. The van der Waals surface area contributed by atoms with Crippen LogP contribution in [0.1, 0.15) is 31.8 Å². The predicted molar refractivity (Wildman–Crippen MR) is 121 cm³/mol. The van der Waals surface area contributed by atoms with Gasteiger partial charge in [0.15, 0.2) is 5.78 Å². The minimum Gasteiger partial charge on any atom is -0.496 e. The maximum absolute atomic E-state index is 12.9. The van der Waals surface area contributed by atoms with Gasteiger partial charge in [-0.1, -0.05) is 47.5 Å². The van der Waals surface area contributed by atoms with Crippen LogP contribution in [-0.4, -0.2) is 29.6 Å². The minimum atomic E-state index is -0.495. The van der Waals surface area contributed by atoms with Crippen LogP contribution < -0.4 is 15.8 Å². The predicted octanol–water partition coefficient (Wildman–Crippen LogP) is 4.36. The summed E-state index contributed by atoms with van der Waals surface area (Å²) in [5, 5.41) is 10.8. The summed E-state index contributed by atoms with van der Waals surface area (Å²) in [4.78, 5) is 29.9. The van der Waals surface area contributed by atoms with Crippen LogP contribution in [0.15, 0.2) is 54.7 Å². The molecule has 0 saturated heterocycles. The van der Waals surface area contributed by atoms with E-state index in [0.29, 0.717) is 33.3 Å². The Morgan fingerprint density at radius 1 is 1.06 bits per heavy atom. The summed E-state index contributed by atoms with van der Waals surface area (Å²) in [6, 6.07) is 12.5.